The molecule has 0 atom stereocenters. The summed E-state index contributed by atoms with van der Waals surface area (Å²) in [4.78, 5) is 0. The van der Waals surface area contributed by atoms with E-state index in [9.17, 15) is 0 Å². The topological polar surface area (TPSA) is 23.8 Å². The van der Waals surface area contributed by atoms with Gasteiger partial charge in [-0.25, -0.2) is 0 Å². The zero-order chi connectivity index (χ0) is 10.1. The minimum absolute atomic E-state index is 0. The molecule has 88 valence electrons. The van der Waals surface area contributed by atoms with Crippen LogP contribution < -0.4 is 0 Å². The van der Waals surface area contributed by atoms with Gasteiger partial charge in [0, 0.05) is 5.92 Å². The van der Waals surface area contributed by atoms with Crippen LogP contribution in [0.25, 0.3) is 0 Å². The average molecular weight is 227 g/mol. The fraction of sp³-hybridized carbons (Fsp3) is 0.923. The van der Waals surface area contributed by atoms with Gasteiger partial charge in [0.15, 0.2) is 0 Å². The van der Waals surface area contributed by atoms with Crippen molar-refractivity contribution in [2.45, 2.75) is 58.8 Å². The normalized spacial score (nSPS) is 21.5. The molecule has 2 fully saturated rings. The van der Waals surface area contributed by atoms with Crippen molar-refractivity contribution in [1.82, 2.24) is 0 Å². The van der Waals surface area contributed by atoms with Crippen molar-refractivity contribution in [2.75, 3.05) is 12.3 Å². The van der Waals surface area contributed by atoms with E-state index in [0.29, 0.717) is 5.92 Å². The lowest BCUT2D eigenvalue weighted by Crippen LogP contribution is -2.02. The molecule has 0 bridgehead atoms. The van der Waals surface area contributed by atoms with Crippen LogP contribution in [0.4, 0.5) is 0 Å². The van der Waals surface area contributed by atoms with E-state index in [0.717, 1.165) is 12.8 Å². The maximum Gasteiger partial charge on any atom is 0.0655 e. The molecular weight excluding hydrogens is 201 g/mol. The van der Waals surface area contributed by atoms with Crippen molar-refractivity contribution in [1.29, 1.82) is 5.26 Å². The van der Waals surface area contributed by atoms with E-state index in [2.05, 4.69) is 6.07 Å². The van der Waals surface area contributed by atoms with Gasteiger partial charge in [0.1, 0.15) is 0 Å². The lowest BCUT2D eigenvalue weighted by atomic mass is 9.91. The summed E-state index contributed by atoms with van der Waals surface area (Å²) in [6.07, 6.45) is 13.8. The highest BCUT2D eigenvalue weighted by Gasteiger charge is 2.10. The van der Waals surface area contributed by atoms with Gasteiger partial charge in [-0.3, -0.25) is 0 Å². The van der Waals surface area contributed by atoms with Crippen LogP contribution in [0.3, 0.4) is 0 Å². The van der Waals surface area contributed by atoms with Crippen molar-refractivity contribution in [3.05, 3.63) is 0 Å². The number of hydrogen-bond donors (Lipinski definition) is 0. The van der Waals surface area contributed by atoms with E-state index in [1.807, 2.05) is 0 Å². The Labute approximate surface area is 97.4 Å². The van der Waals surface area contributed by atoms with Crippen LogP contribution in [-0.4, -0.2) is 12.3 Å². The smallest absolute Gasteiger partial charge is 0.0655 e. The van der Waals surface area contributed by atoms with Gasteiger partial charge >= 0.3 is 0 Å². The van der Waals surface area contributed by atoms with Crippen LogP contribution in [0.2, 0.25) is 0 Å². The van der Waals surface area contributed by atoms with Gasteiger partial charge in [0.25, 0.3) is 0 Å². The van der Waals surface area contributed by atoms with E-state index in [-0.39, 0.29) is 7.43 Å². The van der Waals surface area contributed by atoms with E-state index >= 15 is 0 Å². The molecule has 0 radical (unpaired) electrons. The van der Waals surface area contributed by atoms with E-state index in [1.165, 1.54) is 59.4 Å². The van der Waals surface area contributed by atoms with Crippen LogP contribution in [0.5, 0.6) is 0 Å². The summed E-state index contributed by atoms with van der Waals surface area (Å²) in [5.41, 5.74) is 0. The Balaban J connectivity index is 0.000000253. The maximum atomic E-state index is 8.44. The average Bonchev–Trinajstić information content (AvgIpc) is 2.33. The second-order valence-electron chi connectivity index (χ2n) is 4.27. The molecule has 2 heteroatoms. The summed E-state index contributed by atoms with van der Waals surface area (Å²) >= 11 is 0. The van der Waals surface area contributed by atoms with Crippen LogP contribution in [-0.2, 0) is 0 Å². The molecule has 0 N–H and O–H groups in total. The van der Waals surface area contributed by atoms with Gasteiger partial charge in [-0.2, -0.15) is 5.26 Å². The van der Waals surface area contributed by atoms with Crippen molar-refractivity contribution >= 4 is 8.58 Å². The largest absolute Gasteiger partial charge is 0.198 e. The molecule has 1 heterocycles. The highest BCUT2D eigenvalue weighted by molar-refractivity contribution is 7.38. The van der Waals surface area contributed by atoms with Crippen molar-refractivity contribution in [3.63, 3.8) is 0 Å². The molecule has 0 amide bonds. The van der Waals surface area contributed by atoms with Crippen LogP contribution in [0.1, 0.15) is 58.8 Å². The minimum Gasteiger partial charge on any atom is -0.198 e. The summed E-state index contributed by atoms with van der Waals surface area (Å²) < 4.78 is 0. The Hall–Kier alpha value is -0.0800. The third kappa shape index (κ3) is 7.80. The Kier molecular flexibility index (Phi) is 10.4. The quantitative estimate of drug-likeness (QED) is 0.556. The maximum absolute atomic E-state index is 8.44. The second-order valence-corrected chi connectivity index (χ2v) is 5.77. The first kappa shape index (κ1) is 14.9. The van der Waals surface area contributed by atoms with E-state index < -0.39 is 0 Å². The SMILES string of the molecule is C.C1CCPCC1.N#CC1CCCCC1. The number of nitriles is 1. The summed E-state index contributed by atoms with van der Waals surface area (Å²) in [6.45, 7) is 0. The number of hydrogen-bond acceptors (Lipinski definition) is 1. The molecule has 0 spiro atoms. The number of rotatable bonds is 0. The third-order valence-electron chi connectivity index (χ3n) is 2.99. The lowest BCUT2D eigenvalue weighted by molar-refractivity contribution is 0.427. The molecule has 1 aliphatic carbocycles. The Morgan fingerprint density at radius 2 is 1.40 bits per heavy atom. The van der Waals surface area contributed by atoms with Gasteiger partial charge in [0.2, 0.25) is 0 Å². The monoisotopic (exact) mass is 227 g/mol. The van der Waals surface area contributed by atoms with Gasteiger partial charge in [-0.05, 0) is 38.0 Å². The summed E-state index contributed by atoms with van der Waals surface area (Å²) in [6, 6.07) is 2.30. The first-order chi connectivity index (χ1) is 6.93. The summed E-state index contributed by atoms with van der Waals surface area (Å²) in [5.74, 6) is 0.392. The zero-order valence-corrected chi connectivity index (χ0v) is 10.1. The van der Waals surface area contributed by atoms with Crippen LogP contribution in [0.15, 0.2) is 0 Å². The van der Waals surface area contributed by atoms with Gasteiger partial charge in [-0.15, -0.1) is 8.58 Å². The zero-order valence-electron chi connectivity index (χ0n) is 9.10. The van der Waals surface area contributed by atoms with Crippen molar-refractivity contribution < 1.29 is 0 Å². The van der Waals surface area contributed by atoms with Crippen LogP contribution >= 0.6 is 8.58 Å². The molecule has 2 aliphatic rings. The molecule has 15 heavy (non-hydrogen) atoms. The predicted molar refractivity (Wildman–Crippen MR) is 70.8 cm³/mol. The highest BCUT2D eigenvalue weighted by atomic mass is 31.1. The highest BCUT2D eigenvalue weighted by Crippen LogP contribution is 2.22. The molecule has 1 saturated carbocycles. The predicted octanol–water partition coefficient (Wildman–Crippen LogP) is 4.58. The van der Waals surface area contributed by atoms with Crippen molar-refractivity contribution in [2.24, 2.45) is 5.92 Å². The lowest BCUT2D eigenvalue weighted by Gasteiger charge is -2.13. The molecule has 2 rings (SSSR count). The molecule has 1 aliphatic heterocycles. The van der Waals surface area contributed by atoms with Gasteiger partial charge < -0.3 is 0 Å². The second kappa shape index (κ2) is 10.4. The van der Waals surface area contributed by atoms with Gasteiger partial charge in [0.05, 0.1) is 6.07 Å². The van der Waals surface area contributed by atoms with Crippen LogP contribution in [0, 0.1) is 17.2 Å². The Morgan fingerprint density at radius 3 is 1.67 bits per heavy atom. The molecule has 0 unspecified atom stereocenters. The Morgan fingerprint density at radius 1 is 0.867 bits per heavy atom. The van der Waals surface area contributed by atoms with Gasteiger partial charge in [-0.1, -0.05) is 33.1 Å². The standard InChI is InChI=1S/C7H11N.C5H11P.CH4/c8-6-7-4-2-1-3-5-7;1-2-4-6-5-3-1;/h7H,1-5H2;6H,1-5H2;1H4. The third-order valence-corrected chi connectivity index (χ3v) is 4.41. The summed E-state index contributed by atoms with van der Waals surface area (Å²) in [5, 5.41) is 8.44. The molecule has 1 nitrogen and oxygen atoms in total. The first-order valence-corrected chi connectivity index (χ1v) is 7.45. The fourth-order valence-corrected chi connectivity index (χ4v) is 3.28. The number of nitrogens with zero attached hydrogens (tertiary/aromatic N) is 1. The van der Waals surface area contributed by atoms with E-state index in [4.69, 9.17) is 5.26 Å². The first-order valence-electron chi connectivity index (χ1n) is 6.04. The van der Waals surface area contributed by atoms with Crippen molar-refractivity contribution in [3.8, 4) is 6.07 Å². The minimum atomic E-state index is 0. The van der Waals surface area contributed by atoms with E-state index in [1.54, 1.807) is 0 Å². The molecule has 0 aromatic carbocycles. The fourth-order valence-electron chi connectivity index (χ4n) is 2.03. The molecule has 0 aromatic rings. The molecule has 1 saturated heterocycles. The molecular formula is C13H26NP. The Bertz CT molecular complexity index is 152. The molecule has 0 aromatic heterocycles. The summed E-state index contributed by atoms with van der Waals surface area (Å²) in [7, 11) is 1.30.